The van der Waals surface area contributed by atoms with E-state index in [0.29, 0.717) is 31.6 Å². The first-order valence-electron chi connectivity index (χ1n) is 9.62. The molecule has 1 amide bonds. The summed E-state index contributed by atoms with van der Waals surface area (Å²) in [5, 5.41) is 0. The first-order chi connectivity index (χ1) is 14.2. The fraction of sp³-hybridized carbons (Fsp3) is 0.429. The molecule has 2 aliphatic rings. The SMILES string of the molecule is COc1ncc(C(=O)C2CC3COCC(C2)N3C(=O)OCc2ccccc2)cn1. The molecule has 8 nitrogen and oxygen atoms in total. The van der Waals surface area contributed by atoms with Crippen molar-refractivity contribution in [2.75, 3.05) is 20.3 Å². The van der Waals surface area contributed by atoms with Gasteiger partial charge in [-0.3, -0.25) is 9.69 Å². The number of amides is 1. The molecular formula is C21H23N3O5. The lowest BCUT2D eigenvalue weighted by atomic mass is 9.81. The summed E-state index contributed by atoms with van der Waals surface area (Å²) in [6.45, 7) is 1.03. The standard InChI is InChI=1S/C21H23N3O5/c1-27-20-22-9-16(10-23-20)19(25)15-7-17-12-28-13-18(8-15)24(17)21(26)29-11-14-5-3-2-4-6-14/h2-6,9-10,15,17-18H,7-8,11-13H2,1H3. The maximum absolute atomic E-state index is 12.9. The van der Waals surface area contributed by atoms with Gasteiger partial charge in [0.15, 0.2) is 5.78 Å². The number of ether oxygens (including phenoxy) is 3. The van der Waals surface area contributed by atoms with Gasteiger partial charge in [0, 0.05) is 18.3 Å². The molecule has 2 saturated heterocycles. The van der Waals surface area contributed by atoms with Gasteiger partial charge in [-0.05, 0) is 18.4 Å². The summed E-state index contributed by atoms with van der Waals surface area (Å²) in [5.41, 5.74) is 1.39. The zero-order valence-electron chi connectivity index (χ0n) is 16.2. The molecule has 2 aliphatic heterocycles. The lowest BCUT2D eigenvalue weighted by Gasteiger charge is -2.47. The molecule has 0 N–H and O–H groups in total. The molecule has 2 fully saturated rings. The van der Waals surface area contributed by atoms with E-state index in [2.05, 4.69) is 9.97 Å². The predicted octanol–water partition coefficient (Wildman–Crippen LogP) is 2.48. The van der Waals surface area contributed by atoms with Crippen molar-refractivity contribution < 1.29 is 23.8 Å². The van der Waals surface area contributed by atoms with Crippen molar-refractivity contribution in [2.24, 2.45) is 5.92 Å². The number of methoxy groups -OCH3 is 1. The Bertz CT molecular complexity index is 844. The quantitative estimate of drug-likeness (QED) is 0.716. The van der Waals surface area contributed by atoms with Crippen LogP contribution in [0.25, 0.3) is 0 Å². The monoisotopic (exact) mass is 397 g/mol. The molecule has 1 aromatic heterocycles. The molecule has 2 atom stereocenters. The van der Waals surface area contributed by atoms with E-state index in [-0.39, 0.29) is 42.5 Å². The largest absolute Gasteiger partial charge is 0.467 e. The number of fused-ring (bicyclic) bond motifs is 2. The smallest absolute Gasteiger partial charge is 0.410 e. The number of morpholine rings is 1. The van der Waals surface area contributed by atoms with Gasteiger partial charge in [-0.1, -0.05) is 30.3 Å². The number of piperidine rings is 1. The summed E-state index contributed by atoms with van der Waals surface area (Å²) in [6.07, 6.45) is 3.68. The Morgan fingerprint density at radius 1 is 1.10 bits per heavy atom. The predicted molar refractivity (Wildman–Crippen MR) is 102 cm³/mol. The van der Waals surface area contributed by atoms with Crippen molar-refractivity contribution in [2.45, 2.75) is 31.5 Å². The fourth-order valence-corrected chi connectivity index (χ4v) is 4.01. The fourth-order valence-electron chi connectivity index (χ4n) is 4.01. The molecule has 2 bridgehead atoms. The Kier molecular flexibility index (Phi) is 5.71. The molecule has 3 heterocycles. The minimum absolute atomic E-state index is 0.0122. The van der Waals surface area contributed by atoms with E-state index >= 15 is 0 Å². The second kappa shape index (κ2) is 8.57. The molecule has 8 heteroatoms. The van der Waals surface area contributed by atoms with Gasteiger partial charge in [0.05, 0.1) is 38.0 Å². The Morgan fingerprint density at radius 3 is 2.38 bits per heavy atom. The van der Waals surface area contributed by atoms with E-state index in [0.717, 1.165) is 5.56 Å². The molecule has 0 spiro atoms. The summed E-state index contributed by atoms with van der Waals surface area (Å²) in [7, 11) is 1.48. The third kappa shape index (κ3) is 4.22. The maximum Gasteiger partial charge on any atom is 0.410 e. The number of carbonyl (C=O) groups is 2. The van der Waals surface area contributed by atoms with E-state index < -0.39 is 0 Å². The van der Waals surface area contributed by atoms with E-state index in [1.807, 2.05) is 30.3 Å². The van der Waals surface area contributed by atoms with Gasteiger partial charge in [0.25, 0.3) is 0 Å². The second-order valence-electron chi connectivity index (χ2n) is 7.28. The van der Waals surface area contributed by atoms with Crippen molar-refractivity contribution in [3.63, 3.8) is 0 Å². The van der Waals surface area contributed by atoms with E-state index in [1.54, 1.807) is 4.90 Å². The van der Waals surface area contributed by atoms with Crippen LogP contribution in [0.15, 0.2) is 42.7 Å². The number of nitrogens with zero attached hydrogens (tertiary/aromatic N) is 3. The molecule has 0 saturated carbocycles. The van der Waals surface area contributed by atoms with Crippen molar-refractivity contribution in [3.05, 3.63) is 53.9 Å². The van der Waals surface area contributed by atoms with Crippen LogP contribution in [-0.2, 0) is 16.1 Å². The lowest BCUT2D eigenvalue weighted by Crippen LogP contribution is -2.59. The normalized spacial score (nSPS) is 23.3. The van der Waals surface area contributed by atoms with Gasteiger partial charge in [0.2, 0.25) is 0 Å². The van der Waals surface area contributed by atoms with Gasteiger partial charge in [-0.15, -0.1) is 0 Å². The molecule has 1 aromatic carbocycles. The van der Waals surface area contributed by atoms with Crippen molar-refractivity contribution >= 4 is 11.9 Å². The summed E-state index contributed by atoms with van der Waals surface area (Å²) in [4.78, 5) is 35.4. The Hall–Kier alpha value is -3.00. The summed E-state index contributed by atoms with van der Waals surface area (Å²) >= 11 is 0. The van der Waals surface area contributed by atoms with Crippen LogP contribution in [0, 0.1) is 5.92 Å². The molecular weight excluding hydrogens is 374 g/mol. The number of hydrogen-bond donors (Lipinski definition) is 0. The average molecular weight is 397 g/mol. The highest BCUT2D eigenvalue weighted by Crippen LogP contribution is 2.34. The summed E-state index contributed by atoms with van der Waals surface area (Å²) in [5.74, 6) is -0.217. The van der Waals surface area contributed by atoms with Crippen LogP contribution in [0.3, 0.4) is 0 Å². The van der Waals surface area contributed by atoms with Crippen LogP contribution in [0.4, 0.5) is 4.79 Å². The number of Topliss-reactive ketones (excluding diaryl/α,β-unsaturated/α-hetero) is 1. The van der Waals surface area contributed by atoms with Crippen LogP contribution in [0.2, 0.25) is 0 Å². The summed E-state index contributed by atoms with van der Waals surface area (Å²) in [6, 6.07) is 9.43. The van der Waals surface area contributed by atoms with Gasteiger partial charge in [-0.2, -0.15) is 0 Å². The van der Waals surface area contributed by atoms with Crippen LogP contribution in [-0.4, -0.2) is 59.2 Å². The zero-order valence-corrected chi connectivity index (χ0v) is 16.2. The first-order valence-corrected chi connectivity index (χ1v) is 9.62. The van der Waals surface area contributed by atoms with E-state index in [4.69, 9.17) is 14.2 Å². The molecule has 0 radical (unpaired) electrons. The van der Waals surface area contributed by atoms with Crippen molar-refractivity contribution in [1.29, 1.82) is 0 Å². The van der Waals surface area contributed by atoms with Crippen LogP contribution in [0.5, 0.6) is 6.01 Å². The molecule has 2 aromatic rings. The Morgan fingerprint density at radius 2 is 1.76 bits per heavy atom. The Labute approximate surface area is 168 Å². The van der Waals surface area contributed by atoms with Gasteiger partial charge < -0.3 is 14.2 Å². The van der Waals surface area contributed by atoms with Crippen LogP contribution >= 0.6 is 0 Å². The van der Waals surface area contributed by atoms with Gasteiger partial charge in [-0.25, -0.2) is 14.8 Å². The Balaban J connectivity index is 1.41. The first kappa shape index (κ1) is 19.3. The molecule has 0 aliphatic carbocycles. The highest BCUT2D eigenvalue weighted by atomic mass is 16.6. The highest BCUT2D eigenvalue weighted by Gasteiger charge is 2.44. The van der Waals surface area contributed by atoms with Crippen LogP contribution in [0.1, 0.15) is 28.8 Å². The summed E-state index contributed by atoms with van der Waals surface area (Å²) < 4.78 is 16.1. The second-order valence-corrected chi connectivity index (χ2v) is 7.28. The minimum atomic E-state index is -0.356. The number of hydrogen-bond acceptors (Lipinski definition) is 7. The third-order valence-electron chi connectivity index (χ3n) is 5.40. The zero-order chi connectivity index (χ0) is 20.2. The number of rotatable bonds is 5. The van der Waals surface area contributed by atoms with Crippen molar-refractivity contribution in [1.82, 2.24) is 14.9 Å². The third-order valence-corrected chi connectivity index (χ3v) is 5.40. The molecule has 4 rings (SSSR count). The van der Waals surface area contributed by atoms with Gasteiger partial charge in [0.1, 0.15) is 6.61 Å². The van der Waals surface area contributed by atoms with E-state index in [1.165, 1.54) is 19.5 Å². The number of carbonyl (C=O) groups excluding carboxylic acids is 2. The number of aromatic nitrogens is 2. The molecule has 29 heavy (non-hydrogen) atoms. The number of ketones is 1. The van der Waals surface area contributed by atoms with Gasteiger partial charge >= 0.3 is 12.1 Å². The molecule has 152 valence electrons. The van der Waals surface area contributed by atoms with Crippen molar-refractivity contribution in [3.8, 4) is 6.01 Å². The average Bonchev–Trinajstić information content (AvgIpc) is 2.77. The topological polar surface area (TPSA) is 90.9 Å². The number of benzene rings is 1. The molecule has 2 unspecified atom stereocenters. The van der Waals surface area contributed by atoms with E-state index in [9.17, 15) is 9.59 Å². The highest BCUT2D eigenvalue weighted by molar-refractivity contribution is 5.97. The van der Waals surface area contributed by atoms with Crippen LogP contribution < -0.4 is 4.74 Å². The maximum atomic E-state index is 12.9. The minimum Gasteiger partial charge on any atom is -0.467 e. The lowest BCUT2D eigenvalue weighted by molar-refractivity contribution is -0.0755.